The van der Waals surface area contributed by atoms with E-state index in [1.165, 1.54) is 6.07 Å². The van der Waals surface area contributed by atoms with Gasteiger partial charge in [-0.15, -0.1) is 0 Å². The van der Waals surface area contributed by atoms with Gasteiger partial charge in [0, 0.05) is 41.7 Å². The number of hydrogen-bond donors (Lipinski definition) is 2. The average Bonchev–Trinajstić information content (AvgIpc) is 2.96. The fourth-order valence-electron chi connectivity index (χ4n) is 3.80. The first-order chi connectivity index (χ1) is 16.5. The first-order valence-electron chi connectivity index (χ1n) is 11.0. The number of amides is 3. The maximum atomic E-state index is 14.3. The fraction of sp³-hybridized carbons (Fsp3) is 0.231. The summed E-state index contributed by atoms with van der Waals surface area (Å²) < 4.78 is 25.4. The van der Waals surface area contributed by atoms with Crippen molar-refractivity contribution in [2.75, 3.05) is 17.7 Å². The third-order valence-corrected chi connectivity index (χ3v) is 5.55. The molecule has 34 heavy (non-hydrogen) atoms. The zero-order valence-electron chi connectivity index (χ0n) is 19.0. The van der Waals surface area contributed by atoms with Crippen molar-refractivity contribution >= 4 is 23.3 Å². The Morgan fingerprint density at radius 3 is 2.59 bits per heavy atom. The van der Waals surface area contributed by atoms with Crippen LogP contribution < -0.4 is 20.1 Å². The van der Waals surface area contributed by atoms with Gasteiger partial charge in [-0.2, -0.15) is 0 Å². The molecule has 0 bridgehead atoms. The van der Waals surface area contributed by atoms with Crippen LogP contribution in [0.2, 0.25) is 0 Å². The second kappa shape index (κ2) is 10.2. The lowest BCUT2D eigenvalue weighted by Crippen LogP contribution is -2.39. The SMILES string of the molecule is CCC1Oc2ccc(NC(=O)Nc3cccc(OC)c3)cc2CN(Cc2ccccc2F)C1=O. The minimum Gasteiger partial charge on any atom is -0.497 e. The molecule has 4 rings (SSSR count). The van der Waals surface area contributed by atoms with E-state index in [4.69, 9.17) is 9.47 Å². The summed E-state index contributed by atoms with van der Waals surface area (Å²) >= 11 is 0. The highest BCUT2D eigenvalue weighted by Gasteiger charge is 2.30. The Balaban J connectivity index is 1.53. The summed E-state index contributed by atoms with van der Waals surface area (Å²) in [6.45, 7) is 2.22. The minimum atomic E-state index is -0.664. The van der Waals surface area contributed by atoms with Crippen LogP contribution in [0.3, 0.4) is 0 Å². The number of carbonyl (C=O) groups is 2. The summed E-state index contributed by atoms with van der Waals surface area (Å²) in [5, 5.41) is 5.56. The Labute approximate surface area is 197 Å². The molecule has 0 saturated carbocycles. The molecule has 0 fully saturated rings. The van der Waals surface area contributed by atoms with E-state index in [9.17, 15) is 14.0 Å². The van der Waals surface area contributed by atoms with Crippen LogP contribution in [0.5, 0.6) is 11.5 Å². The number of urea groups is 1. The van der Waals surface area contributed by atoms with E-state index < -0.39 is 12.1 Å². The lowest BCUT2D eigenvalue weighted by Gasteiger charge is -2.23. The molecule has 2 N–H and O–H groups in total. The summed E-state index contributed by atoms with van der Waals surface area (Å²) in [6, 6.07) is 18.2. The molecular formula is C26H26FN3O4. The standard InChI is InChI=1S/C26H26FN3O4/c1-3-23-25(31)30(15-17-7-4-5-10-22(17)27)16-18-13-20(11-12-24(18)34-23)29-26(32)28-19-8-6-9-21(14-19)33-2/h4-14,23H,3,15-16H2,1-2H3,(H2,28,29,32). The number of fused-ring (bicyclic) bond motifs is 1. The molecule has 0 aliphatic carbocycles. The second-order valence-corrected chi connectivity index (χ2v) is 7.93. The lowest BCUT2D eigenvalue weighted by molar-refractivity contribution is -0.139. The molecule has 3 amide bonds. The molecule has 0 spiro atoms. The number of halogens is 1. The van der Waals surface area contributed by atoms with Crippen molar-refractivity contribution < 1.29 is 23.5 Å². The van der Waals surface area contributed by atoms with Crippen LogP contribution >= 0.6 is 0 Å². The van der Waals surface area contributed by atoms with Gasteiger partial charge < -0.3 is 25.0 Å². The maximum absolute atomic E-state index is 14.3. The number of nitrogens with zero attached hydrogens (tertiary/aromatic N) is 1. The van der Waals surface area contributed by atoms with Gasteiger partial charge in [0.1, 0.15) is 17.3 Å². The van der Waals surface area contributed by atoms with E-state index in [0.717, 1.165) is 5.56 Å². The van der Waals surface area contributed by atoms with E-state index in [2.05, 4.69) is 10.6 Å². The number of ether oxygens (including phenoxy) is 2. The zero-order chi connectivity index (χ0) is 24.1. The van der Waals surface area contributed by atoms with Crippen molar-refractivity contribution in [3.8, 4) is 11.5 Å². The molecule has 1 atom stereocenters. The third-order valence-electron chi connectivity index (χ3n) is 5.55. The zero-order valence-corrected chi connectivity index (χ0v) is 19.0. The quantitative estimate of drug-likeness (QED) is 0.528. The number of benzene rings is 3. The maximum Gasteiger partial charge on any atom is 0.323 e. The molecule has 1 unspecified atom stereocenters. The Morgan fingerprint density at radius 1 is 1.09 bits per heavy atom. The largest absolute Gasteiger partial charge is 0.497 e. The first kappa shape index (κ1) is 23.1. The molecule has 0 radical (unpaired) electrons. The van der Waals surface area contributed by atoms with Crippen molar-refractivity contribution in [3.05, 3.63) is 83.7 Å². The van der Waals surface area contributed by atoms with Crippen molar-refractivity contribution in [1.29, 1.82) is 0 Å². The molecule has 8 heteroatoms. The van der Waals surface area contributed by atoms with Gasteiger partial charge in [0.2, 0.25) is 0 Å². The van der Waals surface area contributed by atoms with Gasteiger partial charge in [-0.25, -0.2) is 9.18 Å². The number of hydrogen-bond acceptors (Lipinski definition) is 4. The van der Waals surface area contributed by atoms with Crippen LogP contribution in [0.4, 0.5) is 20.6 Å². The van der Waals surface area contributed by atoms with E-state index >= 15 is 0 Å². The van der Waals surface area contributed by atoms with Gasteiger partial charge in [-0.1, -0.05) is 31.2 Å². The molecule has 1 aliphatic heterocycles. The molecule has 0 saturated heterocycles. The van der Waals surface area contributed by atoms with Gasteiger partial charge >= 0.3 is 6.03 Å². The highest BCUT2D eigenvalue weighted by atomic mass is 19.1. The number of anilines is 2. The summed E-state index contributed by atoms with van der Waals surface area (Å²) in [6.07, 6.45) is -0.183. The molecule has 3 aromatic rings. The number of rotatable bonds is 6. The number of methoxy groups -OCH3 is 1. The van der Waals surface area contributed by atoms with Gasteiger partial charge in [-0.3, -0.25) is 4.79 Å². The molecular weight excluding hydrogens is 437 g/mol. The molecule has 1 heterocycles. The van der Waals surface area contributed by atoms with E-state index in [1.54, 1.807) is 72.7 Å². The van der Waals surface area contributed by atoms with Crippen molar-refractivity contribution in [2.45, 2.75) is 32.5 Å². The molecule has 3 aromatic carbocycles. The van der Waals surface area contributed by atoms with Gasteiger partial charge in [0.05, 0.1) is 7.11 Å². The predicted octanol–water partition coefficient (Wildman–Crippen LogP) is 5.18. The van der Waals surface area contributed by atoms with E-state index in [0.29, 0.717) is 34.9 Å². The third kappa shape index (κ3) is 5.28. The summed E-state index contributed by atoms with van der Waals surface area (Å²) in [5.74, 6) is 0.630. The van der Waals surface area contributed by atoms with Crippen LogP contribution in [0.15, 0.2) is 66.7 Å². The summed E-state index contributed by atoms with van der Waals surface area (Å²) in [7, 11) is 1.56. The second-order valence-electron chi connectivity index (χ2n) is 7.93. The summed E-state index contributed by atoms with van der Waals surface area (Å²) in [4.78, 5) is 27.2. The average molecular weight is 464 g/mol. The van der Waals surface area contributed by atoms with Crippen molar-refractivity contribution in [2.24, 2.45) is 0 Å². The highest BCUT2D eigenvalue weighted by Crippen LogP contribution is 2.30. The van der Waals surface area contributed by atoms with Crippen molar-refractivity contribution in [1.82, 2.24) is 4.90 Å². The van der Waals surface area contributed by atoms with Crippen LogP contribution in [0.25, 0.3) is 0 Å². The fourth-order valence-corrected chi connectivity index (χ4v) is 3.80. The smallest absolute Gasteiger partial charge is 0.323 e. The summed E-state index contributed by atoms with van der Waals surface area (Å²) in [5.41, 5.74) is 2.28. The Morgan fingerprint density at radius 2 is 1.85 bits per heavy atom. The van der Waals surface area contributed by atoms with Gasteiger partial charge in [0.25, 0.3) is 5.91 Å². The Hall–Kier alpha value is -4.07. The highest BCUT2D eigenvalue weighted by molar-refractivity contribution is 6.00. The normalized spacial score (nSPS) is 15.1. The topological polar surface area (TPSA) is 79.9 Å². The van der Waals surface area contributed by atoms with E-state index in [1.807, 2.05) is 6.92 Å². The molecule has 0 aromatic heterocycles. The molecule has 7 nitrogen and oxygen atoms in total. The van der Waals surface area contributed by atoms with Crippen LogP contribution in [-0.4, -0.2) is 30.1 Å². The van der Waals surface area contributed by atoms with Crippen molar-refractivity contribution in [3.63, 3.8) is 0 Å². The van der Waals surface area contributed by atoms with Gasteiger partial charge in [0.15, 0.2) is 6.10 Å². The monoisotopic (exact) mass is 463 g/mol. The Kier molecular flexibility index (Phi) is 6.96. The molecule has 176 valence electrons. The number of carbonyl (C=O) groups excluding carboxylic acids is 2. The van der Waals surface area contributed by atoms with Crippen LogP contribution in [0.1, 0.15) is 24.5 Å². The first-order valence-corrected chi connectivity index (χ1v) is 11.0. The minimum absolute atomic E-state index is 0.124. The van der Waals surface area contributed by atoms with Gasteiger partial charge in [-0.05, 0) is 42.8 Å². The Bertz CT molecular complexity index is 1200. The van der Waals surface area contributed by atoms with Crippen LogP contribution in [0, 0.1) is 5.82 Å². The van der Waals surface area contributed by atoms with E-state index in [-0.39, 0.29) is 24.8 Å². The number of nitrogens with one attached hydrogen (secondary N) is 2. The lowest BCUT2D eigenvalue weighted by atomic mass is 10.1. The predicted molar refractivity (Wildman–Crippen MR) is 127 cm³/mol. The molecule has 1 aliphatic rings. The van der Waals surface area contributed by atoms with Crippen LogP contribution in [-0.2, 0) is 17.9 Å².